The van der Waals surface area contributed by atoms with Gasteiger partial charge in [-0.05, 0) is 29.8 Å². The molecule has 2 aromatic carbocycles. The summed E-state index contributed by atoms with van der Waals surface area (Å²) in [5, 5.41) is 2.47. The summed E-state index contributed by atoms with van der Waals surface area (Å²) in [4.78, 5) is 6.09. The number of hydrogen-bond donors (Lipinski definition) is 0. The van der Waals surface area contributed by atoms with Crippen LogP contribution in [0.2, 0.25) is 5.02 Å². The maximum Gasteiger partial charge on any atom is 0.133 e. The summed E-state index contributed by atoms with van der Waals surface area (Å²) in [6.07, 6.45) is -0.273. The van der Waals surface area contributed by atoms with Crippen LogP contribution in [0.15, 0.2) is 42.5 Å². The number of nitrogens with zero attached hydrogens (tertiary/aromatic N) is 1. The lowest BCUT2D eigenvalue weighted by atomic mass is 10.00. The van der Waals surface area contributed by atoms with E-state index < -0.39 is 0 Å². The molecule has 0 spiro atoms. The van der Waals surface area contributed by atoms with Gasteiger partial charge in [-0.25, -0.2) is 0 Å². The van der Waals surface area contributed by atoms with E-state index in [1.54, 1.807) is 12.2 Å². The Morgan fingerprint density at radius 1 is 1.23 bits per heavy atom. The molecule has 4 nitrogen and oxygen atoms in total. The standard InChI is InChI=1S/C17H18ClNO3/c1-19-8-9-21-16-11-14(20-2)6-7-15(16)17(22-19)12-4-3-5-13(18)10-12/h3-7,10-11,17H,8-9H2,1-2H3/t17-/m1/s1. The van der Waals surface area contributed by atoms with Crippen molar-refractivity contribution in [2.24, 2.45) is 0 Å². The SMILES string of the molecule is COc1ccc2c(c1)OCCN(C)O[C@@H]2c1cccc(Cl)c1. The number of likely N-dealkylation sites (N-methyl/N-ethyl adjacent to an activating group) is 1. The zero-order valence-electron chi connectivity index (χ0n) is 12.6. The summed E-state index contributed by atoms with van der Waals surface area (Å²) in [6.45, 7) is 1.23. The fourth-order valence-electron chi connectivity index (χ4n) is 2.47. The van der Waals surface area contributed by atoms with Crippen LogP contribution in [0.5, 0.6) is 11.5 Å². The number of fused-ring (bicyclic) bond motifs is 1. The van der Waals surface area contributed by atoms with Crippen molar-refractivity contribution in [1.29, 1.82) is 0 Å². The average molecular weight is 320 g/mol. The van der Waals surface area contributed by atoms with Crippen LogP contribution < -0.4 is 9.47 Å². The van der Waals surface area contributed by atoms with Gasteiger partial charge < -0.3 is 9.47 Å². The van der Waals surface area contributed by atoms with E-state index in [2.05, 4.69) is 0 Å². The van der Waals surface area contributed by atoms with Crippen molar-refractivity contribution in [3.05, 3.63) is 58.6 Å². The highest BCUT2D eigenvalue weighted by Crippen LogP contribution is 2.37. The van der Waals surface area contributed by atoms with E-state index in [1.165, 1.54) is 0 Å². The number of benzene rings is 2. The van der Waals surface area contributed by atoms with Gasteiger partial charge in [0.1, 0.15) is 24.2 Å². The van der Waals surface area contributed by atoms with Gasteiger partial charge in [-0.1, -0.05) is 23.7 Å². The fraction of sp³-hybridized carbons (Fsp3) is 0.294. The molecule has 5 heteroatoms. The molecule has 0 unspecified atom stereocenters. The molecular formula is C17H18ClNO3. The summed E-state index contributed by atoms with van der Waals surface area (Å²) in [5.74, 6) is 1.54. The molecule has 1 atom stereocenters. The molecule has 0 aliphatic carbocycles. The Balaban J connectivity index is 2.07. The van der Waals surface area contributed by atoms with Crippen molar-refractivity contribution < 1.29 is 14.3 Å². The second-order valence-electron chi connectivity index (χ2n) is 5.14. The van der Waals surface area contributed by atoms with E-state index in [0.717, 1.165) is 22.6 Å². The number of ether oxygens (including phenoxy) is 2. The van der Waals surface area contributed by atoms with Crippen molar-refractivity contribution >= 4 is 11.6 Å². The highest BCUT2D eigenvalue weighted by Gasteiger charge is 2.24. The van der Waals surface area contributed by atoms with Gasteiger partial charge >= 0.3 is 0 Å². The first-order valence-electron chi connectivity index (χ1n) is 7.11. The van der Waals surface area contributed by atoms with Crippen LogP contribution in [0.25, 0.3) is 0 Å². The molecule has 0 bridgehead atoms. The van der Waals surface area contributed by atoms with E-state index in [-0.39, 0.29) is 6.10 Å². The quantitative estimate of drug-likeness (QED) is 0.844. The van der Waals surface area contributed by atoms with Gasteiger partial charge in [0.25, 0.3) is 0 Å². The molecular weight excluding hydrogens is 302 g/mol. The third-order valence-electron chi connectivity index (χ3n) is 3.60. The second kappa shape index (κ2) is 6.57. The highest BCUT2D eigenvalue weighted by atomic mass is 35.5. The molecule has 1 aliphatic heterocycles. The van der Waals surface area contributed by atoms with Crippen molar-refractivity contribution in [3.63, 3.8) is 0 Å². The molecule has 0 radical (unpaired) electrons. The Kier molecular flexibility index (Phi) is 4.52. The topological polar surface area (TPSA) is 30.9 Å². The molecule has 116 valence electrons. The summed E-state index contributed by atoms with van der Waals surface area (Å²) in [6, 6.07) is 13.5. The Hall–Kier alpha value is -1.75. The minimum atomic E-state index is -0.273. The van der Waals surface area contributed by atoms with Crippen LogP contribution >= 0.6 is 11.6 Å². The lowest BCUT2D eigenvalue weighted by Gasteiger charge is -2.29. The number of hydrogen-bond acceptors (Lipinski definition) is 4. The third kappa shape index (κ3) is 3.19. The number of halogens is 1. The second-order valence-corrected chi connectivity index (χ2v) is 5.58. The van der Waals surface area contributed by atoms with Crippen LogP contribution in [0.3, 0.4) is 0 Å². The Labute approximate surface area is 135 Å². The van der Waals surface area contributed by atoms with Crippen LogP contribution in [0, 0.1) is 0 Å². The maximum atomic E-state index is 6.13. The van der Waals surface area contributed by atoms with Crippen LogP contribution in [-0.2, 0) is 4.84 Å². The molecule has 1 aliphatic rings. The number of rotatable bonds is 2. The predicted octanol–water partition coefficient (Wildman–Crippen LogP) is 3.69. The first kappa shape index (κ1) is 15.2. The van der Waals surface area contributed by atoms with Gasteiger partial charge in [0.15, 0.2) is 0 Å². The molecule has 0 amide bonds. The van der Waals surface area contributed by atoms with Crippen molar-refractivity contribution in [2.45, 2.75) is 6.10 Å². The van der Waals surface area contributed by atoms with E-state index in [1.807, 2.05) is 49.5 Å². The number of methoxy groups -OCH3 is 1. The predicted molar refractivity (Wildman–Crippen MR) is 85.5 cm³/mol. The van der Waals surface area contributed by atoms with Gasteiger partial charge in [-0.2, -0.15) is 5.06 Å². The minimum Gasteiger partial charge on any atom is -0.497 e. The monoisotopic (exact) mass is 319 g/mol. The molecule has 22 heavy (non-hydrogen) atoms. The molecule has 1 heterocycles. The van der Waals surface area contributed by atoms with Gasteiger partial charge in [-0.3, -0.25) is 4.84 Å². The van der Waals surface area contributed by atoms with E-state index in [0.29, 0.717) is 18.2 Å². The lowest BCUT2D eigenvalue weighted by molar-refractivity contribution is -0.178. The van der Waals surface area contributed by atoms with Gasteiger partial charge in [0.05, 0.1) is 13.7 Å². The van der Waals surface area contributed by atoms with Crippen LogP contribution in [0.4, 0.5) is 0 Å². The smallest absolute Gasteiger partial charge is 0.133 e. The summed E-state index contributed by atoms with van der Waals surface area (Å²) >= 11 is 6.13. The van der Waals surface area contributed by atoms with Crippen molar-refractivity contribution in [3.8, 4) is 11.5 Å². The summed E-state index contributed by atoms with van der Waals surface area (Å²) < 4.78 is 11.2. The van der Waals surface area contributed by atoms with Crippen molar-refractivity contribution in [2.75, 3.05) is 27.3 Å². The largest absolute Gasteiger partial charge is 0.497 e. The van der Waals surface area contributed by atoms with Crippen LogP contribution in [0.1, 0.15) is 17.2 Å². The fourth-order valence-corrected chi connectivity index (χ4v) is 2.67. The molecule has 0 fully saturated rings. The van der Waals surface area contributed by atoms with Crippen LogP contribution in [-0.4, -0.2) is 32.4 Å². The zero-order valence-corrected chi connectivity index (χ0v) is 13.3. The van der Waals surface area contributed by atoms with Gasteiger partial charge in [0, 0.05) is 23.7 Å². The van der Waals surface area contributed by atoms with E-state index >= 15 is 0 Å². The van der Waals surface area contributed by atoms with Crippen molar-refractivity contribution in [1.82, 2.24) is 5.06 Å². The Morgan fingerprint density at radius 3 is 2.86 bits per heavy atom. The summed E-state index contributed by atoms with van der Waals surface area (Å²) in [7, 11) is 3.54. The number of hydroxylamine groups is 2. The third-order valence-corrected chi connectivity index (χ3v) is 3.84. The minimum absolute atomic E-state index is 0.273. The highest BCUT2D eigenvalue weighted by molar-refractivity contribution is 6.30. The normalized spacial score (nSPS) is 18.8. The first-order chi connectivity index (χ1) is 10.7. The summed E-state index contributed by atoms with van der Waals surface area (Å²) in [5.41, 5.74) is 1.94. The molecule has 0 saturated heterocycles. The Bertz CT molecular complexity index is 662. The maximum absolute atomic E-state index is 6.13. The molecule has 3 rings (SSSR count). The van der Waals surface area contributed by atoms with E-state index in [4.69, 9.17) is 25.9 Å². The van der Waals surface area contributed by atoms with Gasteiger partial charge in [-0.15, -0.1) is 0 Å². The molecule has 0 aromatic heterocycles. The molecule has 2 aromatic rings. The molecule has 0 saturated carbocycles. The average Bonchev–Trinajstić information content (AvgIpc) is 2.51. The lowest BCUT2D eigenvalue weighted by Crippen LogP contribution is -2.29. The Morgan fingerprint density at radius 2 is 2.09 bits per heavy atom. The first-order valence-corrected chi connectivity index (χ1v) is 7.49. The van der Waals surface area contributed by atoms with E-state index in [9.17, 15) is 0 Å². The zero-order chi connectivity index (χ0) is 15.5. The molecule has 0 N–H and O–H groups in total. The van der Waals surface area contributed by atoms with Gasteiger partial charge in [0.2, 0.25) is 0 Å².